The molecule has 6 heteroatoms. The maximum atomic E-state index is 12.8. The number of allylic oxidation sites excluding steroid dienone is 1. The number of halogens is 1. The van der Waals surface area contributed by atoms with Gasteiger partial charge in [0.1, 0.15) is 0 Å². The summed E-state index contributed by atoms with van der Waals surface area (Å²) in [5, 5.41) is 3.96. The number of rotatable bonds is 4. The average molecular weight is 410 g/mol. The van der Waals surface area contributed by atoms with E-state index < -0.39 is 0 Å². The van der Waals surface area contributed by atoms with Gasteiger partial charge in [-0.2, -0.15) is 0 Å². The van der Waals surface area contributed by atoms with Crippen LogP contribution in [0.15, 0.2) is 48.5 Å². The molecular formula is C23H24ClN3O2. The summed E-state index contributed by atoms with van der Waals surface area (Å²) in [5.41, 5.74) is 4.09. The van der Waals surface area contributed by atoms with E-state index in [4.69, 9.17) is 11.6 Å². The molecule has 150 valence electrons. The summed E-state index contributed by atoms with van der Waals surface area (Å²) in [5.74, 6) is 0.219. The number of nitrogens with zero attached hydrogens (tertiary/aromatic N) is 2. The molecule has 2 aromatic carbocycles. The van der Waals surface area contributed by atoms with E-state index >= 15 is 0 Å². The fraction of sp³-hybridized carbons (Fsp3) is 0.304. The van der Waals surface area contributed by atoms with E-state index in [1.165, 1.54) is 0 Å². The molecule has 0 aromatic heterocycles. The molecule has 1 aliphatic heterocycles. The van der Waals surface area contributed by atoms with Crippen molar-refractivity contribution in [1.82, 2.24) is 4.90 Å². The Bertz CT molecular complexity index is 955. The van der Waals surface area contributed by atoms with Crippen LogP contribution in [0.1, 0.15) is 18.1 Å². The van der Waals surface area contributed by atoms with E-state index in [1.54, 1.807) is 6.08 Å². The third-order valence-corrected chi connectivity index (χ3v) is 5.79. The minimum absolute atomic E-state index is 0.0942. The Labute approximate surface area is 175 Å². The van der Waals surface area contributed by atoms with Crippen LogP contribution in [0, 0.1) is 0 Å². The Kier molecular flexibility index (Phi) is 5.58. The standard InChI is InChI=1S/C23H24ClN3O2/c1-16-15-26(21-7-4-19(24)5-8-21)10-11-27(16)23(29)14-25-20-6-2-18-13-22(28)9-3-17(18)12-20/h2-9,12,16,25H,10-11,13-15H2,1H3/t16-/m1/s1. The molecule has 5 nitrogen and oxygen atoms in total. The summed E-state index contributed by atoms with van der Waals surface area (Å²) in [6, 6.07) is 13.8. The van der Waals surface area contributed by atoms with E-state index in [0.717, 1.165) is 40.6 Å². The van der Waals surface area contributed by atoms with Crippen LogP contribution < -0.4 is 10.2 Å². The minimum Gasteiger partial charge on any atom is -0.376 e. The molecular weight excluding hydrogens is 386 g/mol. The predicted molar refractivity (Wildman–Crippen MR) is 118 cm³/mol. The Morgan fingerprint density at radius 2 is 1.93 bits per heavy atom. The maximum Gasteiger partial charge on any atom is 0.242 e. The minimum atomic E-state index is 0.0942. The van der Waals surface area contributed by atoms with Gasteiger partial charge in [-0.25, -0.2) is 0 Å². The predicted octanol–water partition coefficient (Wildman–Crippen LogP) is 3.63. The zero-order chi connectivity index (χ0) is 20.4. The summed E-state index contributed by atoms with van der Waals surface area (Å²) >= 11 is 5.98. The van der Waals surface area contributed by atoms with Gasteiger partial charge < -0.3 is 15.1 Å². The molecule has 1 N–H and O–H groups in total. The van der Waals surface area contributed by atoms with Crippen LogP contribution in [0.3, 0.4) is 0 Å². The molecule has 29 heavy (non-hydrogen) atoms. The number of hydrogen-bond acceptors (Lipinski definition) is 4. The average Bonchev–Trinajstić information content (AvgIpc) is 2.72. The highest BCUT2D eigenvalue weighted by molar-refractivity contribution is 6.30. The highest BCUT2D eigenvalue weighted by Gasteiger charge is 2.27. The molecule has 1 saturated heterocycles. The van der Waals surface area contributed by atoms with Gasteiger partial charge in [0.2, 0.25) is 5.91 Å². The highest BCUT2D eigenvalue weighted by atomic mass is 35.5. The Morgan fingerprint density at radius 3 is 2.69 bits per heavy atom. The summed E-state index contributed by atoms with van der Waals surface area (Å²) in [4.78, 5) is 28.5. The number of carbonyl (C=O) groups is 2. The maximum absolute atomic E-state index is 12.8. The molecule has 1 heterocycles. The van der Waals surface area contributed by atoms with Crippen LogP contribution in [0.4, 0.5) is 11.4 Å². The van der Waals surface area contributed by atoms with Gasteiger partial charge in [0.15, 0.2) is 5.78 Å². The highest BCUT2D eigenvalue weighted by Crippen LogP contribution is 2.23. The lowest BCUT2D eigenvalue weighted by atomic mass is 9.96. The number of anilines is 2. The summed E-state index contributed by atoms with van der Waals surface area (Å²) in [6.45, 7) is 4.63. The lowest BCUT2D eigenvalue weighted by Crippen LogP contribution is -2.55. The zero-order valence-electron chi connectivity index (χ0n) is 16.4. The third-order valence-electron chi connectivity index (χ3n) is 5.54. The molecule has 0 bridgehead atoms. The van der Waals surface area contributed by atoms with Crippen molar-refractivity contribution in [3.8, 4) is 0 Å². The first kappa shape index (κ1) is 19.5. The van der Waals surface area contributed by atoms with Gasteiger partial charge in [-0.15, -0.1) is 0 Å². The van der Waals surface area contributed by atoms with E-state index in [0.29, 0.717) is 13.0 Å². The first-order valence-corrected chi connectivity index (χ1v) is 10.2. The second kappa shape index (κ2) is 8.29. The topological polar surface area (TPSA) is 52.6 Å². The molecule has 2 aliphatic rings. The van der Waals surface area contributed by atoms with Crippen molar-refractivity contribution in [2.24, 2.45) is 0 Å². The molecule has 0 saturated carbocycles. The smallest absolute Gasteiger partial charge is 0.242 e. The van der Waals surface area contributed by atoms with E-state index in [2.05, 4.69) is 17.1 Å². The summed E-state index contributed by atoms with van der Waals surface area (Å²) in [7, 11) is 0. The largest absolute Gasteiger partial charge is 0.376 e. The van der Waals surface area contributed by atoms with Gasteiger partial charge in [0.05, 0.1) is 6.54 Å². The van der Waals surface area contributed by atoms with Crippen LogP contribution in [0.25, 0.3) is 6.08 Å². The first-order chi connectivity index (χ1) is 14.0. The lowest BCUT2D eigenvalue weighted by Gasteiger charge is -2.41. The molecule has 1 fully saturated rings. The van der Waals surface area contributed by atoms with Crippen molar-refractivity contribution < 1.29 is 9.59 Å². The van der Waals surface area contributed by atoms with Crippen LogP contribution in [-0.4, -0.2) is 48.8 Å². The number of fused-ring (bicyclic) bond motifs is 1. The Balaban J connectivity index is 1.33. The normalized spacial score (nSPS) is 18.6. The van der Waals surface area contributed by atoms with Crippen molar-refractivity contribution in [2.45, 2.75) is 19.4 Å². The fourth-order valence-corrected chi connectivity index (χ4v) is 4.07. The number of benzene rings is 2. The van der Waals surface area contributed by atoms with E-state index in [-0.39, 0.29) is 24.3 Å². The monoisotopic (exact) mass is 409 g/mol. The van der Waals surface area contributed by atoms with Crippen molar-refractivity contribution in [3.63, 3.8) is 0 Å². The van der Waals surface area contributed by atoms with Crippen molar-refractivity contribution in [1.29, 1.82) is 0 Å². The van der Waals surface area contributed by atoms with Gasteiger partial charge in [-0.3, -0.25) is 9.59 Å². The van der Waals surface area contributed by atoms with E-state index in [9.17, 15) is 9.59 Å². The molecule has 0 radical (unpaired) electrons. The number of piperazine rings is 1. The lowest BCUT2D eigenvalue weighted by molar-refractivity contribution is -0.131. The second-order valence-corrected chi connectivity index (χ2v) is 8.04. The van der Waals surface area contributed by atoms with Gasteiger partial charge in [-0.1, -0.05) is 23.7 Å². The number of nitrogens with one attached hydrogen (secondary N) is 1. The number of amides is 1. The van der Waals surface area contributed by atoms with Crippen LogP contribution in [0.5, 0.6) is 0 Å². The summed E-state index contributed by atoms with van der Waals surface area (Å²) < 4.78 is 0. The van der Waals surface area contributed by atoms with Crippen molar-refractivity contribution in [3.05, 3.63) is 64.7 Å². The third kappa shape index (κ3) is 4.46. The van der Waals surface area contributed by atoms with Gasteiger partial charge in [0, 0.05) is 48.5 Å². The number of carbonyl (C=O) groups excluding carboxylic acids is 2. The van der Waals surface area contributed by atoms with Crippen LogP contribution >= 0.6 is 11.6 Å². The molecule has 2 aromatic rings. The molecule has 1 aliphatic carbocycles. The first-order valence-electron chi connectivity index (χ1n) is 9.87. The van der Waals surface area contributed by atoms with Crippen LogP contribution in [0.2, 0.25) is 5.02 Å². The Morgan fingerprint density at radius 1 is 1.14 bits per heavy atom. The molecule has 1 amide bonds. The quantitative estimate of drug-likeness (QED) is 0.837. The van der Waals surface area contributed by atoms with Gasteiger partial charge in [-0.05, 0) is 60.5 Å². The molecule has 0 unspecified atom stereocenters. The zero-order valence-corrected chi connectivity index (χ0v) is 17.2. The molecule has 1 atom stereocenters. The van der Waals surface area contributed by atoms with E-state index in [1.807, 2.05) is 53.4 Å². The fourth-order valence-electron chi connectivity index (χ4n) is 3.94. The van der Waals surface area contributed by atoms with Gasteiger partial charge >= 0.3 is 0 Å². The molecule has 4 rings (SSSR count). The van der Waals surface area contributed by atoms with Crippen molar-refractivity contribution in [2.75, 3.05) is 36.4 Å². The number of ketones is 1. The van der Waals surface area contributed by atoms with Crippen molar-refractivity contribution >= 4 is 40.7 Å². The number of hydrogen-bond donors (Lipinski definition) is 1. The van der Waals surface area contributed by atoms with Crippen LogP contribution in [-0.2, 0) is 16.0 Å². The second-order valence-electron chi connectivity index (χ2n) is 7.60. The summed E-state index contributed by atoms with van der Waals surface area (Å²) in [6.07, 6.45) is 3.89. The van der Waals surface area contributed by atoms with Gasteiger partial charge in [0.25, 0.3) is 0 Å². The molecule has 0 spiro atoms. The Hall–Kier alpha value is -2.79. The SMILES string of the molecule is C[C@@H]1CN(c2ccc(Cl)cc2)CCN1C(=O)CNc1ccc2c(c1)C=CC(=O)C2.